The number of hydrogen-bond acceptors (Lipinski definition) is 16. The zero-order chi connectivity index (χ0) is 74.8. The van der Waals surface area contributed by atoms with Crippen LogP contribution < -0.4 is 24.7 Å². The van der Waals surface area contributed by atoms with Crippen LogP contribution in [0.3, 0.4) is 0 Å². The van der Waals surface area contributed by atoms with Crippen molar-refractivity contribution < 1.29 is 79.7 Å². The Hall–Kier alpha value is -10.9. The van der Waals surface area contributed by atoms with E-state index in [2.05, 4.69) is 40.5 Å². The molecule has 14 aromatic rings. The van der Waals surface area contributed by atoms with Gasteiger partial charge in [0.1, 0.15) is 63.5 Å². The SMILES string of the molecule is CNC(=O)c1c(-c2ccc(C(F)(F)F)nc2)oc2cc(N(C)S(C)(=O)=O)c(-c3cc4c(cn3)ncn3c5cccc(F)c5cc43)cc12.CNC(=O)c1c(-c2ccc(C(F)(F)F)nc2)oc2cc(N(C)S(C)(=O)=O)c(B3OC(C)(C)C(C)(C)O3)cc12.Fc1cccc2c1cc1c3cc(Cl)ncc3ncn21. The van der Waals surface area contributed by atoms with E-state index in [0.717, 1.165) is 79.7 Å². The molecule has 0 saturated carbocycles. The van der Waals surface area contributed by atoms with E-state index < -0.39 is 79.7 Å². The number of hydrogen-bond donors (Lipinski definition) is 2. The van der Waals surface area contributed by atoms with Crippen molar-refractivity contribution in [3.05, 3.63) is 186 Å². The first-order valence-electron chi connectivity index (χ1n) is 31.2. The van der Waals surface area contributed by atoms with Gasteiger partial charge < -0.3 is 28.8 Å². The third-order valence-electron chi connectivity index (χ3n) is 18.2. The van der Waals surface area contributed by atoms with E-state index in [1.54, 1.807) is 65.7 Å². The average Bonchev–Trinajstić information content (AvgIpc) is 1.57. The van der Waals surface area contributed by atoms with Crippen LogP contribution in [0.2, 0.25) is 5.15 Å². The molecule has 22 nitrogen and oxygen atoms in total. The second kappa shape index (κ2) is 25.8. The molecule has 2 N–H and O–H groups in total. The summed E-state index contributed by atoms with van der Waals surface area (Å²) in [5.41, 5.74) is 2.13. The summed E-state index contributed by atoms with van der Waals surface area (Å²) in [6, 6.07) is 26.4. The summed E-state index contributed by atoms with van der Waals surface area (Å²) in [6.45, 7) is 7.37. The fourth-order valence-corrected chi connectivity index (χ4v) is 13.2. The summed E-state index contributed by atoms with van der Waals surface area (Å²) in [7, 11) is -3.10. The number of fused-ring (bicyclic) bond motifs is 12. The van der Waals surface area contributed by atoms with Crippen molar-refractivity contribution in [1.82, 2.24) is 49.3 Å². The standard InChI is InChI=1S/C32H22F4N6O4S.C24H27BF3N3O6S.C14H7ClFN3/c1-37-31(43)29-20-9-18(22-10-19-23(14-38-22)40-15-42-24-6-4-5-21(33)17(24)11-26(19)42)25(41(2)47(3,44)45)12-27(20)46-30(29)16-7-8-28(39-13-16)32(34,35)36;1-22(2)23(3,4)37-25(36-22)15-10-14-17(11-16(15)31(6)38(7,33)34)35-20(19(14)21(32)29-5)13-8-9-18(30-12-13)24(26,27)28;15-14-5-9-11(6-17-14)18-7-19-12-3-1-2-10(16)8(12)4-13(9)19/h4-15H,1-3H3,(H,37,43);8-12H,1-7H3,(H,29,32);1-7H. The number of nitrogens with one attached hydrogen (secondary N) is 2. The van der Waals surface area contributed by atoms with Gasteiger partial charge in [-0.15, -0.1) is 0 Å². The molecule has 15 rings (SSSR count). The predicted octanol–water partition coefficient (Wildman–Crippen LogP) is 13.8. The molecule has 0 atom stereocenters. The molecule has 4 aromatic carbocycles. The highest BCUT2D eigenvalue weighted by Crippen LogP contribution is 2.45. The molecule has 534 valence electrons. The van der Waals surface area contributed by atoms with Crippen LogP contribution in [0.5, 0.6) is 0 Å². The molecular weight excluding hydrogens is 1430 g/mol. The normalized spacial score (nSPS) is 14.0. The smallest absolute Gasteiger partial charge is 0.455 e. The Morgan fingerprint density at radius 1 is 0.529 bits per heavy atom. The third kappa shape index (κ3) is 12.8. The molecule has 1 saturated heterocycles. The van der Waals surface area contributed by atoms with Crippen LogP contribution in [0.25, 0.3) is 110 Å². The molecular formula is C70H56BClF8N12O10S2. The number of furan rings is 2. The maximum absolute atomic E-state index is 14.7. The maximum atomic E-state index is 14.7. The maximum Gasteiger partial charge on any atom is 0.497 e. The molecule has 1 aliphatic heterocycles. The van der Waals surface area contributed by atoms with Gasteiger partial charge in [0, 0.05) is 107 Å². The Bertz CT molecular complexity index is 6100. The van der Waals surface area contributed by atoms with E-state index >= 15 is 0 Å². The van der Waals surface area contributed by atoms with E-state index in [1.807, 2.05) is 44.2 Å². The zero-order valence-corrected chi connectivity index (χ0v) is 58.6. The number of carbonyl (C=O) groups excluding carboxylic acids is 2. The van der Waals surface area contributed by atoms with Crippen LogP contribution in [0.15, 0.2) is 155 Å². The number of anilines is 2. The highest BCUT2D eigenvalue weighted by atomic mass is 35.5. The van der Waals surface area contributed by atoms with Crippen molar-refractivity contribution in [2.75, 3.05) is 49.3 Å². The van der Waals surface area contributed by atoms with Crippen molar-refractivity contribution >= 4 is 144 Å². The molecule has 2 amide bonds. The molecule has 11 heterocycles. The van der Waals surface area contributed by atoms with Crippen molar-refractivity contribution in [3.63, 3.8) is 0 Å². The lowest BCUT2D eigenvalue weighted by atomic mass is 9.77. The minimum Gasteiger partial charge on any atom is -0.455 e. The molecule has 0 radical (unpaired) electrons. The second-order valence-electron chi connectivity index (χ2n) is 25.2. The topological polar surface area (TPSA) is 264 Å². The minimum absolute atomic E-state index is 0.00275. The number of benzene rings is 4. The number of rotatable bonds is 10. The first kappa shape index (κ1) is 71.5. The van der Waals surface area contributed by atoms with Crippen molar-refractivity contribution in [2.24, 2.45) is 0 Å². The molecule has 34 heteroatoms. The van der Waals surface area contributed by atoms with Crippen LogP contribution in [0.4, 0.5) is 46.5 Å². The van der Waals surface area contributed by atoms with Gasteiger partial charge in [-0.25, -0.2) is 40.6 Å². The lowest BCUT2D eigenvalue weighted by Gasteiger charge is -2.32. The molecule has 0 aliphatic carbocycles. The monoisotopic (exact) mass is 1490 g/mol. The summed E-state index contributed by atoms with van der Waals surface area (Å²) >= 11 is 5.93. The number of carbonyl (C=O) groups is 2. The second-order valence-corrected chi connectivity index (χ2v) is 29.6. The fraction of sp³-hybridized carbons (Fsp3) is 0.200. The summed E-state index contributed by atoms with van der Waals surface area (Å²) in [5, 5.41) is 8.38. The predicted molar refractivity (Wildman–Crippen MR) is 378 cm³/mol. The molecule has 1 aliphatic rings. The van der Waals surface area contributed by atoms with Crippen LogP contribution in [0.1, 0.15) is 59.8 Å². The van der Waals surface area contributed by atoms with Gasteiger partial charge in [-0.1, -0.05) is 23.7 Å². The number of pyridine rings is 4. The molecule has 10 aromatic heterocycles. The molecule has 0 spiro atoms. The van der Waals surface area contributed by atoms with E-state index in [9.17, 15) is 61.5 Å². The molecule has 104 heavy (non-hydrogen) atoms. The largest absolute Gasteiger partial charge is 0.497 e. The van der Waals surface area contributed by atoms with Crippen LogP contribution in [-0.4, -0.2) is 126 Å². The summed E-state index contributed by atoms with van der Waals surface area (Å²) < 4.78 is 188. The summed E-state index contributed by atoms with van der Waals surface area (Å²) in [6.07, 6.45) is 1.00. The quantitative estimate of drug-likeness (QED) is 0.0732. The number of alkyl halides is 6. The van der Waals surface area contributed by atoms with Crippen LogP contribution in [-0.2, 0) is 41.7 Å². The Morgan fingerprint density at radius 2 is 0.971 bits per heavy atom. The fourth-order valence-electron chi connectivity index (χ4n) is 12.0. The lowest BCUT2D eigenvalue weighted by Crippen LogP contribution is -2.41. The number of halogens is 9. The van der Waals surface area contributed by atoms with Crippen LogP contribution in [0, 0.1) is 11.6 Å². The van der Waals surface area contributed by atoms with Gasteiger partial charge in [0.15, 0.2) is 0 Å². The van der Waals surface area contributed by atoms with Gasteiger partial charge in [0.2, 0.25) is 20.0 Å². The van der Waals surface area contributed by atoms with Gasteiger partial charge in [-0.05, 0) is 113 Å². The minimum atomic E-state index is -4.67. The number of sulfonamides is 2. The zero-order valence-electron chi connectivity index (χ0n) is 56.2. The Labute approximate surface area is 590 Å². The van der Waals surface area contributed by atoms with E-state index in [-0.39, 0.29) is 72.9 Å². The Kier molecular flexibility index (Phi) is 17.8. The number of aromatic nitrogens is 8. The average molecular weight is 1490 g/mol. The van der Waals surface area contributed by atoms with Crippen molar-refractivity contribution in [1.29, 1.82) is 0 Å². The van der Waals surface area contributed by atoms with Gasteiger partial charge in [-0.3, -0.25) is 42.0 Å². The van der Waals surface area contributed by atoms with E-state index in [1.165, 1.54) is 64.7 Å². The van der Waals surface area contributed by atoms with Gasteiger partial charge in [0.05, 0.1) is 97.4 Å². The molecule has 0 bridgehead atoms. The highest BCUT2D eigenvalue weighted by Gasteiger charge is 2.53. The molecule has 1 fully saturated rings. The van der Waals surface area contributed by atoms with Gasteiger partial charge in [0.25, 0.3) is 11.8 Å². The number of amides is 2. The third-order valence-corrected chi connectivity index (χ3v) is 20.8. The van der Waals surface area contributed by atoms with Gasteiger partial charge in [-0.2, -0.15) is 26.3 Å². The Morgan fingerprint density at radius 3 is 1.41 bits per heavy atom. The lowest BCUT2D eigenvalue weighted by molar-refractivity contribution is -0.141. The van der Waals surface area contributed by atoms with Crippen molar-refractivity contribution in [2.45, 2.75) is 51.2 Å². The van der Waals surface area contributed by atoms with E-state index in [4.69, 9.17) is 29.7 Å². The Balaban J connectivity index is 0.000000150. The van der Waals surface area contributed by atoms with Crippen molar-refractivity contribution in [3.8, 4) is 33.9 Å². The molecule has 0 unspecified atom stereocenters. The number of nitrogens with zero attached hydrogens (tertiary/aromatic N) is 10. The van der Waals surface area contributed by atoms with Gasteiger partial charge >= 0.3 is 19.5 Å². The first-order chi connectivity index (χ1) is 48.9. The van der Waals surface area contributed by atoms with Crippen LogP contribution >= 0.6 is 11.6 Å². The summed E-state index contributed by atoms with van der Waals surface area (Å²) in [4.78, 5) is 50.6. The highest BCUT2D eigenvalue weighted by molar-refractivity contribution is 7.92. The first-order valence-corrected chi connectivity index (χ1v) is 35.2. The summed E-state index contributed by atoms with van der Waals surface area (Å²) in [5.74, 6) is -1.91. The van der Waals surface area contributed by atoms with E-state index in [0.29, 0.717) is 54.6 Å².